The quantitative estimate of drug-likeness (QED) is 0.759. The van der Waals surface area contributed by atoms with E-state index in [1.807, 2.05) is 32.0 Å². The zero-order valence-corrected chi connectivity index (χ0v) is 13.3. The first-order valence-corrected chi connectivity index (χ1v) is 8.05. The van der Waals surface area contributed by atoms with Crippen molar-refractivity contribution in [2.75, 3.05) is 4.90 Å². The van der Waals surface area contributed by atoms with E-state index < -0.39 is 0 Å². The lowest BCUT2D eigenvalue weighted by atomic mass is 9.96. The second kappa shape index (κ2) is 5.01. The standard InChI is InChI=1S/C19H18N2O2/c1-11-9-14-15(10-12(11)2)19(23)21(18(14)22)17-8-7-13-5-3-4-6-16(13)20-17/h7-10H,3-6H2,1-2H3. The maximum absolute atomic E-state index is 12.7. The van der Waals surface area contributed by atoms with Crippen LogP contribution in [0.5, 0.6) is 0 Å². The molecule has 0 unspecified atom stereocenters. The van der Waals surface area contributed by atoms with E-state index in [4.69, 9.17) is 0 Å². The van der Waals surface area contributed by atoms with Crippen molar-refractivity contribution in [2.45, 2.75) is 39.5 Å². The molecule has 0 N–H and O–H groups in total. The van der Waals surface area contributed by atoms with E-state index >= 15 is 0 Å². The lowest BCUT2D eigenvalue weighted by molar-refractivity contribution is 0.0925. The molecule has 4 heteroatoms. The molecule has 0 fully saturated rings. The Morgan fingerprint density at radius 3 is 2.17 bits per heavy atom. The Morgan fingerprint density at radius 2 is 1.52 bits per heavy atom. The monoisotopic (exact) mass is 306 g/mol. The van der Waals surface area contributed by atoms with Crippen LogP contribution in [0.15, 0.2) is 24.3 Å². The van der Waals surface area contributed by atoms with Gasteiger partial charge in [0.25, 0.3) is 11.8 Å². The van der Waals surface area contributed by atoms with E-state index in [0.29, 0.717) is 16.9 Å². The molecule has 116 valence electrons. The number of anilines is 1. The van der Waals surface area contributed by atoms with Crippen LogP contribution < -0.4 is 4.90 Å². The minimum Gasteiger partial charge on any atom is -0.268 e. The molecule has 4 rings (SSSR count). The van der Waals surface area contributed by atoms with Gasteiger partial charge in [0.05, 0.1) is 11.1 Å². The Morgan fingerprint density at radius 1 is 0.913 bits per heavy atom. The third-order valence-corrected chi connectivity index (χ3v) is 4.89. The van der Waals surface area contributed by atoms with Crippen LogP contribution in [0.4, 0.5) is 5.82 Å². The zero-order chi connectivity index (χ0) is 16.1. The molecule has 1 aromatic carbocycles. The van der Waals surface area contributed by atoms with Gasteiger partial charge in [-0.1, -0.05) is 6.07 Å². The van der Waals surface area contributed by atoms with Crippen LogP contribution in [0.2, 0.25) is 0 Å². The van der Waals surface area contributed by atoms with E-state index in [9.17, 15) is 9.59 Å². The lowest BCUT2D eigenvalue weighted by Crippen LogP contribution is -2.30. The highest BCUT2D eigenvalue weighted by atomic mass is 16.2. The van der Waals surface area contributed by atoms with E-state index in [1.165, 1.54) is 16.9 Å². The molecule has 0 radical (unpaired) electrons. The summed E-state index contributed by atoms with van der Waals surface area (Å²) in [4.78, 5) is 31.2. The summed E-state index contributed by atoms with van der Waals surface area (Å²) in [5, 5.41) is 0. The number of amides is 2. The molecule has 0 spiro atoms. The van der Waals surface area contributed by atoms with Gasteiger partial charge < -0.3 is 0 Å². The van der Waals surface area contributed by atoms with Gasteiger partial charge in [-0.2, -0.15) is 0 Å². The first-order chi connectivity index (χ1) is 11.1. The smallest absolute Gasteiger partial charge is 0.267 e. The van der Waals surface area contributed by atoms with Crippen LogP contribution in [-0.4, -0.2) is 16.8 Å². The third-order valence-electron chi connectivity index (χ3n) is 4.89. The molecule has 23 heavy (non-hydrogen) atoms. The second-order valence-electron chi connectivity index (χ2n) is 6.41. The van der Waals surface area contributed by atoms with Gasteiger partial charge in [0, 0.05) is 5.69 Å². The fourth-order valence-electron chi connectivity index (χ4n) is 3.41. The number of benzene rings is 1. The zero-order valence-electron chi connectivity index (χ0n) is 13.3. The average molecular weight is 306 g/mol. The Bertz CT molecular complexity index is 814. The summed E-state index contributed by atoms with van der Waals surface area (Å²) in [6, 6.07) is 7.43. The first kappa shape index (κ1) is 14.1. The van der Waals surface area contributed by atoms with Crippen LogP contribution >= 0.6 is 0 Å². The van der Waals surface area contributed by atoms with E-state index in [2.05, 4.69) is 4.98 Å². The number of hydrogen-bond donors (Lipinski definition) is 0. The molecule has 2 aliphatic rings. The number of imide groups is 1. The minimum atomic E-state index is -0.267. The Hall–Kier alpha value is -2.49. The van der Waals surface area contributed by atoms with Gasteiger partial charge in [0.15, 0.2) is 0 Å². The van der Waals surface area contributed by atoms with Crippen LogP contribution in [-0.2, 0) is 12.8 Å². The van der Waals surface area contributed by atoms with E-state index in [0.717, 1.165) is 36.1 Å². The highest BCUT2D eigenvalue weighted by Crippen LogP contribution is 2.31. The molecule has 1 aromatic heterocycles. The fraction of sp³-hybridized carbons (Fsp3) is 0.316. The predicted octanol–water partition coefficient (Wildman–Crippen LogP) is 3.38. The number of hydrogen-bond acceptors (Lipinski definition) is 3. The second-order valence-corrected chi connectivity index (χ2v) is 6.41. The molecule has 2 amide bonds. The summed E-state index contributed by atoms with van der Waals surface area (Å²) in [5.41, 5.74) is 5.27. The van der Waals surface area contributed by atoms with Crippen molar-refractivity contribution in [3.05, 3.63) is 57.8 Å². The topological polar surface area (TPSA) is 50.3 Å². The number of aromatic nitrogens is 1. The summed E-state index contributed by atoms with van der Waals surface area (Å²) < 4.78 is 0. The van der Waals surface area contributed by atoms with Crippen molar-refractivity contribution >= 4 is 17.6 Å². The van der Waals surface area contributed by atoms with Gasteiger partial charge in [-0.3, -0.25) is 9.59 Å². The van der Waals surface area contributed by atoms with Crippen molar-refractivity contribution in [1.82, 2.24) is 4.98 Å². The number of fused-ring (bicyclic) bond motifs is 2. The molecule has 1 aliphatic heterocycles. The molecular formula is C19H18N2O2. The average Bonchev–Trinajstić information content (AvgIpc) is 2.79. The van der Waals surface area contributed by atoms with Gasteiger partial charge in [-0.15, -0.1) is 0 Å². The summed E-state index contributed by atoms with van der Waals surface area (Å²) in [6.45, 7) is 3.90. The molecule has 0 saturated heterocycles. The van der Waals surface area contributed by atoms with Crippen LogP contribution in [0, 0.1) is 13.8 Å². The molecule has 2 aromatic rings. The van der Waals surface area contributed by atoms with Crippen molar-refractivity contribution < 1.29 is 9.59 Å². The van der Waals surface area contributed by atoms with Crippen molar-refractivity contribution in [1.29, 1.82) is 0 Å². The summed E-state index contributed by atoms with van der Waals surface area (Å²) in [7, 11) is 0. The van der Waals surface area contributed by atoms with Crippen molar-refractivity contribution in [2.24, 2.45) is 0 Å². The third kappa shape index (κ3) is 2.09. The molecule has 0 bridgehead atoms. The molecule has 4 nitrogen and oxygen atoms in total. The Labute approximate surface area is 135 Å². The van der Waals surface area contributed by atoms with Crippen molar-refractivity contribution in [3.8, 4) is 0 Å². The largest absolute Gasteiger partial charge is 0.268 e. The lowest BCUT2D eigenvalue weighted by Gasteiger charge is -2.18. The first-order valence-electron chi connectivity index (χ1n) is 8.05. The number of aryl methyl sites for hydroxylation is 4. The van der Waals surface area contributed by atoms with E-state index in [-0.39, 0.29) is 11.8 Å². The SMILES string of the molecule is Cc1cc2c(cc1C)C(=O)N(c1ccc3c(n1)CCCC3)C2=O. The summed E-state index contributed by atoms with van der Waals surface area (Å²) >= 11 is 0. The number of pyridine rings is 1. The van der Waals surface area contributed by atoms with Gasteiger partial charge in [0.2, 0.25) is 0 Å². The number of carbonyl (C=O) groups excluding carboxylic acids is 2. The van der Waals surface area contributed by atoms with Gasteiger partial charge in [-0.05, 0) is 74.4 Å². The summed E-state index contributed by atoms with van der Waals surface area (Å²) in [5.74, 6) is -0.0834. The normalized spacial score (nSPS) is 16.5. The van der Waals surface area contributed by atoms with Gasteiger partial charge in [-0.25, -0.2) is 9.88 Å². The number of carbonyl (C=O) groups is 2. The highest BCUT2D eigenvalue weighted by molar-refractivity contribution is 6.34. The van der Waals surface area contributed by atoms with E-state index in [1.54, 1.807) is 6.07 Å². The molecular weight excluding hydrogens is 288 g/mol. The number of rotatable bonds is 1. The van der Waals surface area contributed by atoms with Crippen LogP contribution in [0.1, 0.15) is 55.9 Å². The molecule has 1 aliphatic carbocycles. The Kier molecular flexibility index (Phi) is 3.08. The van der Waals surface area contributed by atoms with Crippen LogP contribution in [0.25, 0.3) is 0 Å². The summed E-state index contributed by atoms with van der Waals surface area (Å²) in [6.07, 6.45) is 4.25. The minimum absolute atomic E-state index is 0.267. The van der Waals surface area contributed by atoms with Gasteiger partial charge >= 0.3 is 0 Å². The maximum Gasteiger partial charge on any atom is 0.267 e. The maximum atomic E-state index is 12.7. The fourth-order valence-corrected chi connectivity index (χ4v) is 3.41. The molecule has 2 heterocycles. The highest BCUT2D eigenvalue weighted by Gasteiger charge is 2.38. The molecule has 0 atom stereocenters. The Balaban J connectivity index is 1.79. The predicted molar refractivity (Wildman–Crippen MR) is 87.9 cm³/mol. The van der Waals surface area contributed by atoms with Crippen molar-refractivity contribution in [3.63, 3.8) is 0 Å². The van der Waals surface area contributed by atoms with Gasteiger partial charge in [0.1, 0.15) is 5.82 Å². The number of nitrogens with zero attached hydrogens (tertiary/aromatic N) is 2. The molecule has 0 saturated carbocycles. The van der Waals surface area contributed by atoms with Crippen LogP contribution in [0.3, 0.4) is 0 Å².